The van der Waals surface area contributed by atoms with E-state index in [0.29, 0.717) is 0 Å². The van der Waals surface area contributed by atoms with Crippen molar-refractivity contribution in [2.24, 2.45) is 5.92 Å². The van der Waals surface area contributed by atoms with Crippen molar-refractivity contribution in [1.29, 1.82) is 0 Å². The standard InChI is InChI=1S/C15H19Cl2NO/c16-11-5-3-6-12(17)13(11)14-10-4-1-2-7-15(10,19)8-9-18-14/h3,5-6,10,14,18-19H,1-2,4,7-9H2/p+1. The molecule has 3 atom stereocenters. The molecular weight excluding hydrogens is 281 g/mol. The van der Waals surface area contributed by atoms with E-state index < -0.39 is 5.60 Å². The monoisotopic (exact) mass is 300 g/mol. The molecule has 3 N–H and O–H groups in total. The molecule has 2 fully saturated rings. The maximum Gasteiger partial charge on any atom is 0.120 e. The molecule has 0 aromatic heterocycles. The van der Waals surface area contributed by atoms with Crippen molar-refractivity contribution in [3.05, 3.63) is 33.8 Å². The second kappa shape index (κ2) is 5.25. The van der Waals surface area contributed by atoms with Gasteiger partial charge in [0.05, 0.1) is 22.2 Å². The van der Waals surface area contributed by atoms with Crippen molar-refractivity contribution in [1.82, 2.24) is 0 Å². The Balaban J connectivity index is 1.99. The van der Waals surface area contributed by atoms with Gasteiger partial charge in [0.1, 0.15) is 6.04 Å². The lowest BCUT2D eigenvalue weighted by Crippen LogP contribution is -2.91. The third kappa shape index (κ3) is 2.40. The molecule has 1 aromatic carbocycles. The molecule has 0 radical (unpaired) electrons. The average Bonchev–Trinajstić information content (AvgIpc) is 2.38. The number of benzene rings is 1. The molecule has 1 saturated heterocycles. The van der Waals surface area contributed by atoms with Gasteiger partial charge in [-0.1, -0.05) is 42.1 Å². The smallest absolute Gasteiger partial charge is 0.120 e. The first kappa shape index (κ1) is 13.7. The van der Waals surface area contributed by atoms with E-state index in [0.717, 1.165) is 47.8 Å². The van der Waals surface area contributed by atoms with Gasteiger partial charge in [0.25, 0.3) is 0 Å². The highest BCUT2D eigenvalue weighted by atomic mass is 35.5. The summed E-state index contributed by atoms with van der Waals surface area (Å²) in [4.78, 5) is 0. The highest BCUT2D eigenvalue weighted by Crippen LogP contribution is 2.45. The van der Waals surface area contributed by atoms with Gasteiger partial charge in [0.2, 0.25) is 0 Å². The Morgan fingerprint density at radius 2 is 1.89 bits per heavy atom. The van der Waals surface area contributed by atoms with Gasteiger partial charge >= 0.3 is 0 Å². The molecule has 104 valence electrons. The fourth-order valence-corrected chi connectivity index (χ4v) is 4.55. The molecule has 1 aliphatic heterocycles. The topological polar surface area (TPSA) is 36.8 Å². The lowest BCUT2D eigenvalue weighted by molar-refractivity contribution is -0.719. The molecule has 0 spiro atoms. The minimum absolute atomic E-state index is 0.195. The van der Waals surface area contributed by atoms with Crippen LogP contribution >= 0.6 is 23.2 Å². The van der Waals surface area contributed by atoms with Crippen LogP contribution in [0, 0.1) is 5.92 Å². The molecule has 0 bridgehead atoms. The zero-order valence-corrected chi connectivity index (χ0v) is 12.4. The Kier molecular flexibility index (Phi) is 3.78. The highest BCUT2D eigenvalue weighted by molar-refractivity contribution is 6.36. The quantitative estimate of drug-likeness (QED) is 0.822. The molecule has 3 rings (SSSR count). The van der Waals surface area contributed by atoms with Crippen LogP contribution in [-0.4, -0.2) is 17.3 Å². The average molecular weight is 301 g/mol. The third-order valence-electron chi connectivity index (χ3n) is 4.83. The summed E-state index contributed by atoms with van der Waals surface area (Å²) < 4.78 is 0. The third-order valence-corrected chi connectivity index (χ3v) is 5.49. The van der Waals surface area contributed by atoms with Crippen LogP contribution in [0.15, 0.2) is 18.2 Å². The predicted molar refractivity (Wildman–Crippen MR) is 77.5 cm³/mol. The Hall–Kier alpha value is -0.280. The van der Waals surface area contributed by atoms with Gasteiger partial charge in [0.15, 0.2) is 0 Å². The van der Waals surface area contributed by atoms with Crippen molar-refractivity contribution in [3.8, 4) is 0 Å². The first-order chi connectivity index (χ1) is 9.12. The van der Waals surface area contributed by atoms with Crippen molar-refractivity contribution in [2.75, 3.05) is 6.54 Å². The van der Waals surface area contributed by atoms with E-state index in [-0.39, 0.29) is 12.0 Å². The molecule has 2 nitrogen and oxygen atoms in total. The number of nitrogens with two attached hydrogens (primary N) is 1. The summed E-state index contributed by atoms with van der Waals surface area (Å²) in [5.41, 5.74) is 0.496. The molecule has 3 unspecified atom stereocenters. The second-order valence-electron chi connectivity index (χ2n) is 5.89. The summed E-state index contributed by atoms with van der Waals surface area (Å²) in [5.74, 6) is 0.271. The highest BCUT2D eigenvalue weighted by Gasteiger charge is 2.49. The van der Waals surface area contributed by atoms with Gasteiger partial charge in [-0.25, -0.2) is 0 Å². The maximum atomic E-state index is 10.9. The Labute approximate surface area is 124 Å². The van der Waals surface area contributed by atoms with E-state index in [1.54, 1.807) is 0 Å². The number of hydrogen-bond acceptors (Lipinski definition) is 1. The van der Waals surface area contributed by atoms with Gasteiger partial charge in [-0.15, -0.1) is 0 Å². The molecule has 4 heteroatoms. The fraction of sp³-hybridized carbons (Fsp3) is 0.600. The van der Waals surface area contributed by atoms with Crippen LogP contribution in [0.5, 0.6) is 0 Å². The van der Waals surface area contributed by atoms with Crippen LogP contribution in [-0.2, 0) is 0 Å². The minimum atomic E-state index is -0.514. The second-order valence-corrected chi connectivity index (χ2v) is 6.71. The molecule has 1 saturated carbocycles. The van der Waals surface area contributed by atoms with Crippen LogP contribution in [0.25, 0.3) is 0 Å². The number of quaternary nitrogens is 1. The lowest BCUT2D eigenvalue weighted by atomic mass is 9.67. The summed E-state index contributed by atoms with van der Waals surface area (Å²) in [6.07, 6.45) is 5.20. The largest absolute Gasteiger partial charge is 0.389 e. The zero-order valence-electron chi connectivity index (χ0n) is 10.9. The van der Waals surface area contributed by atoms with E-state index in [1.165, 1.54) is 6.42 Å². The van der Waals surface area contributed by atoms with Gasteiger partial charge in [-0.2, -0.15) is 0 Å². The molecule has 1 aromatic rings. The summed E-state index contributed by atoms with van der Waals surface area (Å²) in [6, 6.07) is 5.87. The van der Waals surface area contributed by atoms with E-state index in [4.69, 9.17) is 23.2 Å². The molecular formula is C15H20Cl2NO+. The molecule has 19 heavy (non-hydrogen) atoms. The number of piperidine rings is 1. The number of fused-ring (bicyclic) bond motifs is 1. The number of hydrogen-bond donors (Lipinski definition) is 2. The van der Waals surface area contributed by atoms with Gasteiger partial charge < -0.3 is 10.4 Å². The van der Waals surface area contributed by atoms with Gasteiger partial charge in [-0.3, -0.25) is 0 Å². The van der Waals surface area contributed by atoms with E-state index >= 15 is 0 Å². The fourth-order valence-electron chi connectivity index (χ4n) is 3.90. The molecule has 1 aliphatic carbocycles. The number of rotatable bonds is 1. The Morgan fingerprint density at radius 3 is 2.63 bits per heavy atom. The summed E-state index contributed by atoms with van der Waals surface area (Å²) in [7, 11) is 0. The first-order valence-corrected chi connectivity index (χ1v) is 7.87. The summed E-state index contributed by atoms with van der Waals surface area (Å²) in [6.45, 7) is 0.944. The van der Waals surface area contributed by atoms with Crippen molar-refractivity contribution in [3.63, 3.8) is 0 Å². The minimum Gasteiger partial charge on any atom is -0.389 e. The van der Waals surface area contributed by atoms with Crippen LogP contribution in [0.3, 0.4) is 0 Å². The lowest BCUT2D eigenvalue weighted by Gasteiger charge is -2.46. The van der Waals surface area contributed by atoms with Gasteiger partial charge in [0, 0.05) is 17.9 Å². The number of aliphatic hydroxyl groups is 1. The van der Waals surface area contributed by atoms with E-state index in [9.17, 15) is 5.11 Å². The SMILES string of the molecule is OC12CCCCC1C(c1c(Cl)cccc1Cl)[NH2+]CC2. The van der Waals surface area contributed by atoms with Crippen LogP contribution < -0.4 is 5.32 Å². The predicted octanol–water partition coefficient (Wildman–Crippen LogP) is 2.92. The molecule has 0 amide bonds. The normalized spacial score (nSPS) is 34.9. The van der Waals surface area contributed by atoms with E-state index in [2.05, 4.69) is 5.32 Å². The first-order valence-electron chi connectivity index (χ1n) is 7.11. The molecule has 2 aliphatic rings. The Bertz CT molecular complexity index is 455. The molecule has 1 heterocycles. The zero-order chi connectivity index (χ0) is 13.5. The number of halogens is 2. The van der Waals surface area contributed by atoms with Crippen molar-refractivity contribution < 1.29 is 10.4 Å². The summed E-state index contributed by atoms with van der Waals surface area (Å²) in [5, 5.41) is 14.7. The van der Waals surface area contributed by atoms with Crippen molar-refractivity contribution in [2.45, 2.75) is 43.7 Å². The Morgan fingerprint density at radius 1 is 1.16 bits per heavy atom. The summed E-state index contributed by atoms with van der Waals surface area (Å²) >= 11 is 12.7. The van der Waals surface area contributed by atoms with Crippen molar-refractivity contribution >= 4 is 23.2 Å². The van der Waals surface area contributed by atoms with Crippen LogP contribution in [0.4, 0.5) is 0 Å². The van der Waals surface area contributed by atoms with Crippen LogP contribution in [0.1, 0.15) is 43.7 Å². The van der Waals surface area contributed by atoms with E-state index in [1.807, 2.05) is 18.2 Å². The van der Waals surface area contributed by atoms with Crippen LogP contribution in [0.2, 0.25) is 10.0 Å². The van der Waals surface area contributed by atoms with Gasteiger partial charge in [-0.05, 0) is 25.0 Å². The maximum absolute atomic E-state index is 10.9.